The van der Waals surface area contributed by atoms with Crippen LogP contribution in [-0.4, -0.2) is 49.3 Å². The van der Waals surface area contributed by atoms with Crippen molar-refractivity contribution < 1.29 is 54.2 Å². The molecule has 0 saturated carbocycles. The summed E-state index contributed by atoms with van der Waals surface area (Å²) >= 11 is 0. The SMILES string of the molecule is CN1C(=O)[C@H](NC(=O)C(C)(C)NC(=O)c2ccc(F)cc2C(F)(F)F)CN(c2ccc(OC(F)(F)F)cc2)c2ccc(F)cc21. The van der Waals surface area contributed by atoms with Gasteiger partial charge in [0.15, 0.2) is 0 Å². The fourth-order valence-electron chi connectivity index (χ4n) is 4.58. The summed E-state index contributed by atoms with van der Waals surface area (Å²) in [5.74, 6) is -5.60. The summed E-state index contributed by atoms with van der Waals surface area (Å²) in [5, 5.41) is 4.61. The number of fused-ring (bicyclic) bond motifs is 1. The summed E-state index contributed by atoms with van der Waals surface area (Å²) < 4.78 is 110. The second kappa shape index (κ2) is 11.9. The van der Waals surface area contributed by atoms with Crippen molar-refractivity contribution in [3.8, 4) is 5.75 Å². The number of halogens is 8. The number of ether oxygens (including phenoxy) is 1. The fraction of sp³-hybridized carbons (Fsp3) is 0.276. The number of amides is 3. The molecule has 0 spiro atoms. The monoisotopic (exact) mass is 644 g/mol. The van der Waals surface area contributed by atoms with E-state index in [0.717, 1.165) is 43.0 Å². The van der Waals surface area contributed by atoms with E-state index in [-0.39, 0.29) is 29.7 Å². The Labute approximate surface area is 250 Å². The summed E-state index contributed by atoms with van der Waals surface area (Å²) in [7, 11) is 1.30. The number of carbonyl (C=O) groups is 3. The maximum Gasteiger partial charge on any atom is 0.573 e. The molecule has 1 heterocycles. The van der Waals surface area contributed by atoms with Gasteiger partial charge in [-0.3, -0.25) is 14.4 Å². The number of nitrogens with one attached hydrogen (secondary N) is 2. The Balaban J connectivity index is 1.63. The summed E-state index contributed by atoms with van der Waals surface area (Å²) in [6, 6.07) is 7.95. The van der Waals surface area contributed by atoms with Crippen LogP contribution in [0.3, 0.4) is 0 Å². The van der Waals surface area contributed by atoms with Gasteiger partial charge in [-0.15, -0.1) is 13.2 Å². The minimum atomic E-state index is -5.09. The van der Waals surface area contributed by atoms with Crippen LogP contribution in [0, 0.1) is 11.6 Å². The molecule has 8 nitrogen and oxygen atoms in total. The Bertz CT molecular complexity index is 1620. The molecule has 1 atom stereocenters. The molecule has 16 heteroatoms. The number of hydrogen-bond donors (Lipinski definition) is 2. The third-order valence-corrected chi connectivity index (χ3v) is 6.80. The van der Waals surface area contributed by atoms with Gasteiger partial charge in [0.1, 0.15) is 29.0 Å². The molecular formula is C29H24F8N4O4. The molecule has 0 unspecified atom stereocenters. The van der Waals surface area contributed by atoms with Gasteiger partial charge >= 0.3 is 12.5 Å². The van der Waals surface area contributed by atoms with E-state index in [4.69, 9.17) is 0 Å². The second-order valence-corrected chi connectivity index (χ2v) is 10.5. The summed E-state index contributed by atoms with van der Waals surface area (Å²) in [5.41, 5.74) is -3.92. The summed E-state index contributed by atoms with van der Waals surface area (Å²) in [6.45, 7) is 1.97. The lowest BCUT2D eigenvalue weighted by Gasteiger charge is -2.30. The number of hydrogen-bond acceptors (Lipinski definition) is 5. The summed E-state index contributed by atoms with van der Waals surface area (Å²) in [4.78, 5) is 42.1. The molecule has 45 heavy (non-hydrogen) atoms. The highest BCUT2D eigenvalue weighted by atomic mass is 19.4. The van der Waals surface area contributed by atoms with Crippen molar-refractivity contribution in [2.24, 2.45) is 0 Å². The van der Waals surface area contributed by atoms with E-state index in [1.165, 1.54) is 30.1 Å². The van der Waals surface area contributed by atoms with Crippen LogP contribution in [0.5, 0.6) is 5.75 Å². The van der Waals surface area contributed by atoms with Gasteiger partial charge < -0.3 is 25.2 Å². The normalized spacial score (nSPS) is 15.7. The van der Waals surface area contributed by atoms with E-state index in [2.05, 4.69) is 15.4 Å². The lowest BCUT2D eigenvalue weighted by Crippen LogP contribution is -2.60. The minimum Gasteiger partial charge on any atom is -0.406 e. The van der Waals surface area contributed by atoms with Crippen molar-refractivity contribution in [2.75, 3.05) is 23.4 Å². The third-order valence-electron chi connectivity index (χ3n) is 6.80. The Morgan fingerprint density at radius 3 is 2.07 bits per heavy atom. The number of rotatable bonds is 6. The highest BCUT2D eigenvalue weighted by molar-refractivity contribution is 6.05. The van der Waals surface area contributed by atoms with Crippen molar-refractivity contribution in [3.05, 3.63) is 83.4 Å². The number of alkyl halides is 6. The fourth-order valence-corrected chi connectivity index (χ4v) is 4.58. The van der Waals surface area contributed by atoms with E-state index in [1.807, 2.05) is 0 Å². The molecule has 4 rings (SSSR count). The van der Waals surface area contributed by atoms with Crippen molar-refractivity contribution in [2.45, 2.75) is 38.0 Å². The van der Waals surface area contributed by atoms with E-state index in [1.54, 1.807) is 0 Å². The van der Waals surface area contributed by atoms with Gasteiger partial charge in [0.2, 0.25) is 5.91 Å². The molecule has 0 aromatic heterocycles. The topological polar surface area (TPSA) is 91.0 Å². The van der Waals surface area contributed by atoms with Gasteiger partial charge in [0, 0.05) is 12.7 Å². The zero-order valence-corrected chi connectivity index (χ0v) is 23.6. The van der Waals surface area contributed by atoms with Crippen LogP contribution in [0.25, 0.3) is 0 Å². The first-order valence-corrected chi connectivity index (χ1v) is 13.0. The van der Waals surface area contributed by atoms with Crippen LogP contribution in [0.4, 0.5) is 52.2 Å². The molecule has 0 aliphatic carbocycles. The number of likely N-dealkylation sites (N-methyl/N-ethyl adjacent to an activating group) is 1. The number of carbonyl (C=O) groups excluding carboxylic acids is 3. The Morgan fingerprint density at radius 2 is 1.47 bits per heavy atom. The first-order chi connectivity index (χ1) is 20.8. The highest BCUT2D eigenvalue weighted by Crippen LogP contribution is 2.38. The van der Waals surface area contributed by atoms with Crippen molar-refractivity contribution in [3.63, 3.8) is 0 Å². The standard InChI is InChI=1S/C29H24F8N4O4/c1-27(2,39-24(42)19-10-4-15(30)12-20(19)28(32,33)34)26(44)38-21-14-41(17-6-8-18(9-7-17)45-29(35,36)37)22-11-5-16(31)13-23(22)40(3)25(21)43/h4-13,21H,14H2,1-3H3,(H,38,44)(H,39,42)/t21-/m1/s1. The first kappa shape index (κ1) is 33.0. The minimum absolute atomic E-state index is 0.0518. The van der Waals surface area contributed by atoms with Gasteiger partial charge in [-0.2, -0.15) is 13.2 Å². The molecular weight excluding hydrogens is 620 g/mol. The van der Waals surface area contributed by atoms with Crippen LogP contribution in [0.15, 0.2) is 60.7 Å². The third kappa shape index (κ3) is 7.44. The second-order valence-electron chi connectivity index (χ2n) is 10.5. The molecule has 0 fully saturated rings. The van der Waals surface area contributed by atoms with E-state index >= 15 is 0 Å². The predicted octanol–water partition coefficient (Wildman–Crippen LogP) is 5.69. The average Bonchev–Trinajstić information content (AvgIpc) is 3.02. The Kier molecular flexibility index (Phi) is 8.72. The molecule has 1 aliphatic heterocycles. The van der Waals surface area contributed by atoms with E-state index in [0.29, 0.717) is 12.1 Å². The molecule has 0 saturated heterocycles. The van der Waals surface area contributed by atoms with Crippen LogP contribution >= 0.6 is 0 Å². The van der Waals surface area contributed by atoms with Crippen LogP contribution in [0.2, 0.25) is 0 Å². The van der Waals surface area contributed by atoms with Crippen LogP contribution < -0.4 is 25.2 Å². The Morgan fingerprint density at radius 1 is 0.867 bits per heavy atom. The summed E-state index contributed by atoms with van der Waals surface area (Å²) in [6.07, 6.45) is -10.0. The zero-order valence-electron chi connectivity index (χ0n) is 23.6. The van der Waals surface area contributed by atoms with E-state index < -0.39 is 70.4 Å². The highest BCUT2D eigenvalue weighted by Gasteiger charge is 2.40. The largest absolute Gasteiger partial charge is 0.573 e. The van der Waals surface area contributed by atoms with Gasteiger partial charge in [0.25, 0.3) is 11.8 Å². The lowest BCUT2D eigenvalue weighted by atomic mass is 10.0. The smallest absolute Gasteiger partial charge is 0.406 e. The van der Waals surface area contributed by atoms with Crippen LogP contribution in [-0.2, 0) is 15.8 Å². The van der Waals surface area contributed by atoms with Gasteiger partial charge in [-0.05, 0) is 74.5 Å². The molecule has 3 amide bonds. The number of anilines is 3. The van der Waals surface area contributed by atoms with Gasteiger partial charge in [-0.1, -0.05) is 0 Å². The average molecular weight is 645 g/mol. The molecule has 3 aromatic carbocycles. The maximum atomic E-state index is 14.2. The number of nitrogens with zero attached hydrogens (tertiary/aromatic N) is 2. The lowest BCUT2D eigenvalue weighted by molar-refractivity contribution is -0.274. The van der Waals surface area contributed by atoms with Gasteiger partial charge in [-0.25, -0.2) is 8.78 Å². The molecule has 240 valence electrons. The Hall–Kier alpha value is -4.89. The number of benzene rings is 3. The van der Waals surface area contributed by atoms with Crippen molar-refractivity contribution >= 4 is 34.8 Å². The van der Waals surface area contributed by atoms with Crippen molar-refractivity contribution in [1.82, 2.24) is 10.6 Å². The van der Waals surface area contributed by atoms with E-state index in [9.17, 15) is 49.5 Å². The molecule has 0 radical (unpaired) electrons. The molecule has 2 N–H and O–H groups in total. The van der Waals surface area contributed by atoms with Crippen LogP contribution in [0.1, 0.15) is 29.8 Å². The molecule has 0 bridgehead atoms. The quantitative estimate of drug-likeness (QED) is 0.337. The first-order valence-electron chi connectivity index (χ1n) is 13.0. The molecule has 3 aromatic rings. The maximum absolute atomic E-state index is 14.2. The zero-order chi connectivity index (χ0) is 33.5. The van der Waals surface area contributed by atoms with Crippen molar-refractivity contribution in [1.29, 1.82) is 0 Å². The predicted molar refractivity (Wildman–Crippen MR) is 145 cm³/mol. The van der Waals surface area contributed by atoms with Gasteiger partial charge in [0.05, 0.1) is 29.0 Å². The molecule has 1 aliphatic rings.